The fraction of sp³-hybridized carbons (Fsp3) is 0.0870. The average Bonchev–Trinajstić information content (AvgIpc) is 3.39. The number of nitrogens with zero attached hydrogens (tertiary/aromatic N) is 3. The van der Waals surface area contributed by atoms with Gasteiger partial charge in [-0.3, -0.25) is 0 Å². The zero-order valence-electron chi connectivity index (χ0n) is 16.4. The van der Waals surface area contributed by atoms with E-state index in [4.69, 9.17) is 15.5 Å². The summed E-state index contributed by atoms with van der Waals surface area (Å²) in [5.74, 6) is -0.602. The molecule has 6 nitrogen and oxygen atoms in total. The first kappa shape index (κ1) is 19.4. The van der Waals surface area contributed by atoms with Gasteiger partial charge in [0.25, 0.3) is 0 Å². The number of ether oxygens (including phenoxy) is 1. The number of nitriles is 1. The first-order valence-electron chi connectivity index (χ1n) is 9.14. The van der Waals surface area contributed by atoms with Crippen molar-refractivity contribution in [1.29, 1.82) is 5.26 Å². The Kier molecular flexibility index (Phi) is 5.09. The van der Waals surface area contributed by atoms with E-state index < -0.39 is 5.97 Å². The highest BCUT2D eigenvalue weighted by Gasteiger charge is 2.22. The smallest absolute Gasteiger partial charge is 0.357 e. The van der Waals surface area contributed by atoms with E-state index in [1.165, 1.54) is 12.7 Å². The predicted octanol–water partition coefficient (Wildman–Crippen LogP) is 4.82. The molecule has 148 valence electrons. The molecule has 0 saturated heterocycles. The van der Waals surface area contributed by atoms with Crippen LogP contribution in [0.15, 0.2) is 60.1 Å². The van der Waals surface area contributed by atoms with Gasteiger partial charge < -0.3 is 15.0 Å². The number of nitrogens with two attached hydrogens (primary N) is 1. The molecule has 2 aromatic carbocycles. The van der Waals surface area contributed by atoms with Crippen molar-refractivity contribution in [3.63, 3.8) is 0 Å². The summed E-state index contributed by atoms with van der Waals surface area (Å²) in [7, 11) is 1.28. The molecule has 2 N–H and O–H groups in total. The number of rotatable bonds is 4. The van der Waals surface area contributed by atoms with Crippen molar-refractivity contribution in [2.75, 3.05) is 12.8 Å². The van der Waals surface area contributed by atoms with Gasteiger partial charge in [-0.15, -0.1) is 11.3 Å². The lowest BCUT2D eigenvalue weighted by atomic mass is 10.1. The van der Waals surface area contributed by atoms with E-state index >= 15 is 0 Å². The van der Waals surface area contributed by atoms with Crippen LogP contribution in [0, 0.1) is 18.3 Å². The Balaban J connectivity index is 1.75. The second-order valence-electron chi connectivity index (χ2n) is 6.73. The number of carbonyl (C=O) groups excluding carboxylic acids is 1. The van der Waals surface area contributed by atoms with E-state index in [-0.39, 0.29) is 16.9 Å². The van der Waals surface area contributed by atoms with Crippen LogP contribution in [0.2, 0.25) is 0 Å². The molecule has 0 radical (unpaired) electrons. The molecule has 0 aliphatic carbocycles. The van der Waals surface area contributed by atoms with Crippen LogP contribution in [0.1, 0.15) is 21.6 Å². The molecule has 0 saturated carbocycles. The van der Waals surface area contributed by atoms with Crippen molar-refractivity contribution in [3.8, 4) is 33.6 Å². The van der Waals surface area contributed by atoms with E-state index in [1.807, 2.05) is 35.7 Å². The molecule has 0 unspecified atom stereocenters. The zero-order chi connectivity index (χ0) is 21.3. The SMILES string of the molecule is COC(=O)c1c(N)c(C#N)cn1-c1cccc(-c2nc(-c3ccc(C)cc3)cs2)c1. The van der Waals surface area contributed by atoms with Gasteiger partial charge in [-0.2, -0.15) is 5.26 Å². The Morgan fingerprint density at radius 2 is 1.97 bits per heavy atom. The maximum Gasteiger partial charge on any atom is 0.357 e. The van der Waals surface area contributed by atoms with Gasteiger partial charge in [0.2, 0.25) is 0 Å². The number of benzene rings is 2. The highest BCUT2D eigenvalue weighted by atomic mass is 32.1. The number of anilines is 1. The van der Waals surface area contributed by atoms with Crippen molar-refractivity contribution >= 4 is 23.0 Å². The van der Waals surface area contributed by atoms with Crippen molar-refractivity contribution in [2.45, 2.75) is 6.92 Å². The van der Waals surface area contributed by atoms with Crippen molar-refractivity contribution in [1.82, 2.24) is 9.55 Å². The molecular weight excluding hydrogens is 396 g/mol. The summed E-state index contributed by atoms with van der Waals surface area (Å²) in [6.07, 6.45) is 1.54. The third-order valence-corrected chi connectivity index (χ3v) is 5.66. The lowest BCUT2D eigenvalue weighted by Gasteiger charge is -2.09. The maximum atomic E-state index is 12.3. The van der Waals surface area contributed by atoms with Gasteiger partial charge in [-0.05, 0) is 19.1 Å². The minimum atomic E-state index is -0.602. The second-order valence-corrected chi connectivity index (χ2v) is 7.59. The number of aryl methyl sites for hydroxylation is 1. The lowest BCUT2D eigenvalue weighted by molar-refractivity contribution is 0.0593. The molecule has 2 aromatic heterocycles. The third-order valence-electron chi connectivity index (χ3n) is 4.77. The standard InChI is InChI=1S/C23H18N4O2S/c1-14-6-8-15(9-7-14)19-13-30-22(26-19)16-4-3-5-18(10-16)27-12-17(11-24)20(25)21(27)23(28)29-2/h3-10,12-13H,25H2,1-2H3. The van der Waals surface area contributed by atoms with Gasteiger partial charge >= 0.3 is 5.97 Å². The predicted molar refractivity (Wildman–Crippen MR) is 118 cm³/mol. The van der Waals surface area contributed by atoms with Gasteiger partial charge in [0, 0.05) is 28.4 Å². The molecule has 4 rings (SSSR count). The van der Waals surface area contributed by atoms with Crippen LogP contribution in [0.5, 0.6) is 0 Å². The van der Waals surface area contributed by atoms with Crippen LogP contribution >= 0.6 is 11.3 Å². The summed E-state index contributed by atoms with van der Waals surface area (Å²) >= 11 is 1.54. The number of hydrogen-bond donors (Lipinski definition) is 1. The highest BCUT2D eigenvalue weighted by molar-refractivity contribution is 7.13. The van der Waals surface area contributed by atoms with Crippen LogP contribution in [-0.2, 0) is 4.74 Å². The van der Waals surface area contributed by atoms with E-state index in [0.29, 0.717) is 5.69 Å². The summed E-state index contributed by atoms with van der Waals surface area (Å²) in [5, 5.41) is 12.2. The molecule has 4 aromatic rings. The number of nitrogen functional groups attached to an aromatic ring is 1. The van der Waals surface area contributed by atoms with Crippen LogP contribution in [-0.4, -0.2) is 22.6 Å². The number of esters is 1. The second kappa shape index (κ2) is 7.85. The first-order chi connectivity index (χ1) is 14.5. The highest BCUT2D eigenvalue weighted by Crippen LogP contribution is 2.31. The van der Waals surface area contributed by atoms with Crippen molar-refractivity contribution in [3.05, 3.63) is 76.9 Å². The topological polar surface area (TPSA) is 93.9 Å². The van der Waals surface area contributed by atoms with Crippen molar-refractivity contribution < 1.29 is 9.53 Å². The van der Waals surface area contributed by atoms with Crippen LogP contribution in [0.4, 0.5) is 5.69 Å². The first-order valence-corrected chi connectivity index (χ1v) is 10.0. The van der Waals surface area contributed by atoms with Gasteiger partial charge in [0.15, 0.2) is 5.69 Å². The monoisotopic (exact) mass is 414 g/mol. The Morgan fingerprint density at radius 3 is 2.67 bits per heavy atom. The van der Waals surface area contributed by atoms with Crippen LogP contribution in [0.3, 0.4) is 0 Å². The number of carbonyl (C=O) groups is 1. The Morgan fingerprint density at radius 1 is 1.20 bits per heavy atom. The third kappa shape index (κ3) is 3.45. The van der Waals surface area contributed by atoms with Gasteiger partial charge in [0.1, 0.15) is 11.1 Å². The summed E-state index contributed by atoms with van der Waals surface area (Å²) in [4.78, 5) is 17.0. The summed E-state index contributed by atoms with van der Waals surface area (Å²) < 4.78 is 6.43. The largest absolute Gasteiger partial charge is 0.464 e. The molecule has 0 aliphatic rings. The molecular formula is C23H18N4O2S. The number of hydrogen-bond acceptors (Lipinski definition) is 6. The Bertz CT molecular complexity index is 1280. The average molecular weight is 414 g/mol. The molecule has 30 heavy (non-hydrogen) atoms. The lowest BCUT2D eigenvalue weighted by Crippen LogP contribution is -2.11. The molecule has 7 heteroatoms. The molecule has 0 spiro atoms. The minimum Gasteiger partial charge on any atom is -0.464 e. The van der Waals surface area contributed by atoms with Crippen LogP contribution < -0.4 is 5.73 Å². The molecule has 2 heterocycles. The van der Waals surface area contributed by atoms with Crippen molar-refractivity contribution in [2.24, 2.45) is 0 Å². The summed E-state index contributed by atoms with van der Waals surface area (Å²) in [5.41, 5.74) is 11.2. The minimum absolute atomic E-state index is 0.102. The van der Waals surface area contributed by atoms with Crippen LogP contribution in [0.25, 0.3) is 27.5 Å². The van der Waals surface area contributed by atoms with E-state index in [9.17, 15) is 10.1 Å². The van der Waals surface area contributed by atoms with E-state index in [1.54, 1.807) is 22.1 Å². The molecule has 0 atom stereocenters. The quantitative estimate of drug-likeness (QED) is 0.483. The fourth-order valence-electron chi connectivity index (χ4n) is 3.17. The number of thiazole rings is 1. The van der Waals surface area contributed by atoms with Gasteiger partial charge in [0.05, 0.1) is 24.1 Å². The normalized spacial score (nSPS) is 10.6. The summed E-state index contributed by atoms with van der Waals surface area (Å²) in [6.45, 7) is 2.05. The van der Waals surface area contributed by atoms with E-state index in [2.05, 4.69) is 31.2 Å². The van der Waals surface area contributed by atoms with E-state index in [0.717, 1.165) is 21.8 Å². The fourth-order valence-corrected chi connectivity index (χ4v) is 4.00. The molecule has 0 aliphatic heterocycles. The van der Waals surface area contributed by atoms with Gasteiger partial charge in [-0.25, -0.2) is 9.78 Å². The molecule has 0 fully saturated rings. The zero-order valence-corrected chi connectivity index (χ0v) is 17.2. The number of methoxy groups -OCH3 is 1. The number of aromatic nitrogens is 2. The Labute approximate surface area is 177 Å². The Hall–Kier alpha value is -3.89. The summed E-state index contributed by atoms with van der Waals surface area (Å²) in [6, 6.07) is 17.8. The molecule has 0 amide bonds. The van der Waals surface area contributed by atoms with Gasteiger partial charge in [-0.1, -0.05) is 42.0 Å². The maximum absolute atomic E-state index is 12.3. The molecule has 0 bridgehead atoms.